The molecule has 64 heavy (non-hydrogen) atoms. The molecule has 0 fully saturated rings. The summed E-state index contributed by atoms with van der Waals surface area (Å²) in [5, 5.41) is 4.83. The normalized spacial score (nSPS) is 12.6. The molecule has 10 aromatic rings. The maximum absolute atomic E-state index is 4.96. The van der Waals surface area contributed by atoms with Crippen molar-refractivity contribution in [1.82, 2.24) is 14.1 Å². The van der Waals surface area contributed by atoms with E-state index in [4.69, 9.17) is 15.0 Å². The molecular weight excluding hydrogens is 781 g/mol. The number of amidine groups is 2. The Morgan fingerprint density at radius 3 is 1.89 bits per heavy atom. The van der Waals surface area contributed by atoms with E-state index in [0.717, 1.165) is 55.8 Å². The summed E-state index contributed by atoms with van der Waals surface area (Å²) in [5.41, 5.74) is 12.8. The highest BCUT2D eigenvalue weighted by Gasteiger charge is 2.17. The van der Waals surface area contributed by atoms with E-state index in [1.807, 2.05) is 86.1 Å². The van der Waals surface area contributed by atoms with Crippen LogP contribution in [0.5, 0.6) is 0 Å². The number of benzene rings is 7. The third-order valence-corrected chi connectivity index (χ3v) is 11.5. The molecule has 10 rings (SSSR count). The highest BCUT2D eigenvalue weighted by atomic mass is 15.0. The molecule has 7 aromatic carbocycles. The van der Waals surface area contributed by atoms with Crippen LogP contribution in [0.1, 0.15) is 18.1 Å². The van der Waals surface area contributed by atoms with Crippen LogP contribution in [0.3, 0.4) is 0 Å². The fraction of sp³-hybridized carbons (Fsp3) is 0.0345. The van der Waals surface area contributed by atoms with Crippen LogP contribution in [0.2, 0.25) is 0 Å². The van der Waals surface area contributed by atoms with Gasteiger partial charge in [-0.25, -0.2) is 9.98 Å². The molecule has 0 spiro atoms. The first-order valence-corrected chi connectivity index (χ1v) is 21.5. The maximum atomic E-state index is 4.96. The van der Waals surface area contributed by atoms with Gasteiger partial charge in [-0.3, -0.25) is 9.98 Å². The molecule has 0 atom stereocenters. The number of para-hydroxylation sites is 3. The first-order chi connectivity index (χ1) is 31.7. The summed E-state index contributed by atoms with van der Waals surface area (Å²) in [6.45, 7) is 6.26. The van der Waals surface area contributed by atoms with Crippen molar-refractivity contribution >= 4 is 62.0 Å². The van der Waals surface area contributed by atoms with Gasteiger partial charge in [-0.15, -0.1) is 0 Å². The molecule has 6 nitrogen and oxygen atoms in total. The summed E-state index contributed by atoms with van der Waals surface area (Å²) in [6, 6.07) is 62.3. The smallest absolute Gasteiger partial charge is 0.161 e. The molecule has 306 valence electrons. The molecule has 0 bridgehead atoms. The quantitative estimate of drug-likeness (QED) is 0.0770. The van der Waals surface area contributed by atoms with Gasteiger partial charge in [0.25, 0.3) is 0 Å². The fourth-order valence-corrected chi connectivity index (χ4v) is 8.57. The Morgan fingerprint density at radius 2 is 1.11 bits per heavy atom. The first kappa shape index (κ1) is 39.6. The first-order valence-electron chi connectivity index (χ1n) is 21.5. The molecule has 0 radical (unpaired) electrons. The number of hydrogen-bond acceptors (Lipinski definition) is 2. The number of hydrogen-bond donors (Lipinski definition) is 0. The van der Waals surface area contributed by atoms with E-state index >= 15 is 0 Å². The average Bonchev–Trinajstić information content (AvgIpc) is 3.87. The van der Waals surface area contributed by atoms with Crippen molar-refractivity contribution in [1.29, 1.82) is 0 Å². The van der Waals surface area contributed by atoms with Crippen molar-refractivity contribution in [3.63, 3.8) is 0 Å². The zero-order chi connectivity index (χ0) is 43.2. The van der Waals surface area contributed by atoms with E-state index in [1.54, 1.807) is 0 Å². The van der Waals surface area contributed by atoms with E-state index in [2.05, 4.69) is 166 Å². The monoisotopic (exact) mass is 824 g/mol. The fourth-order valence-electron chi connectivity index (χ4n) is 8.57. The van der Waals surface area contributed by atoms with Crippen molar-refractivity contribution in [3.8, 4) is 33.6 Å². The van der Waals surface area contributed by atoms with Gasteiger partial charge in [0.2, 0.25) is 0 Å². The van der Waals surface area contributed by atoms with E-state index in [1.165, 1.54) is 32.6 Å². The van der Waals surface area contributed by atoms with Gasteiger partial charge in [-0.2, -0.15) is 0 Å². The molecule has 0 aliphatic heterocycles. The molecule has 3 aromatic heterocycles. The van der Waals surface area contributed by atoms with Gasteiger partial charge in [0.1, 0.15) is 0 Å². The number of nitrogens with zero attached hydrogens (tertiary/aromatic N) is 6. The van der Waals surface area contributed by atoms with Crippen LogP contribution in [-0.2, 0) is 0 Å². The van der Waals surface area contributed by atoms with Gasteiger partial charge < -0.3 is 9.13 Å². The van der Waals surface area contributed by atoms with E-state index in [0.29, 0.717) is 18.2 Å². The van der Waals surface area contributed by atoms with Crippen LogP contribution in [0, 0.1) is 0 Å². The summed E-state index contributed by atoms with van der Waals surface area (Å²) in [5.74, 6) is 1.02. The molecule has 0 amide bonds. The molecule has 0 aliphatic rings. The summed E-state index contributed by atoms with van der Waals surface area (Å²) >= 11 is 0. The van der Waals surface area contributed by atoms with Crippen LogP contribution in [0.25, 0.3) is 77.2 Å². The van der Waals surface area contributed by atoms with Crippen LogP contribution in [-0.4, -0.2) is 39.1 Å². The molecule has 6 heteroatoms. The van der Waals surface area contributed by atoms with Crippen molar-refractivity contribution in [3.05, 3.63) is 236 Å². The van der Waals surface area contributed by atoms with E-state index < -0.39 is 0 Å². The third-order valence-electron chi connectivity index (χ3n) is 11.5. The second kappa shape index (κ2) is 17.9. The van der Waals surface area contributed by atoms with Crippen molar-refractivity contribution < 1.29 is 0 Å². The maximum Gasteiger partial charge on any atom is 0.161 e. The zero-order valence-electron chi connectivity index (χ0n) is 35.5. The molecule has 0 aliphatic carbocycles. The standard InChI is InChI=1S/C58H44N6/c1-3-4-5-6-7-18-34-61-58(62-57(59-2)41-20-10-8-11-21-41)46-35-45(39-60-40-46)44-30-32-51-49-26-14-16-28-53(49)64(56(51)38-44)48-25-19-22-42(36-48)43-31-33-55-52(37-43)50-27-15-17-29-54(50)63(55)47-23-12-9-13-24-47/h3-33,35-40H,2,34H2,1H3/b4-3-,6-5-,18-7+,61-58-,62-57-. The second-order valence-electron chi connectivity index (χ2n) is 15.5. The van der Waals surface area contributed by atoms with Gasteiger partial charge in [0.05, 0.1) is 28.6 Å². The number of fused-ring (bicyclic) bond motifs is 6. The topological polar surface area (TPSA) is 59.8 Å². The van der Waals surface area contributed by atoms with Crippen LogP contribution in [0.4, 0.5) is 0 Å². The highest BCUT2D eigenvalue weighted by Crippen LogP contribution is 2.38. The largest absolute Gasteiger partial charge is 0.309 e. The SMILES string of the molecule is C=N/C(=N\C(=N/C/C=C/C=C\C=C/C)c1cncc(-c2ccc3c4ccccc4n(-c4cccc(-c5ccc6c(c5)c5ccccc5n6-c5ccccc5)c4)c3c2)c1)c1ccccc1. The lowest BCUT2D eigenvalue weighted by Gasteiger charge is -2.12. The molecule has 0 N–H and O–H groups in total. The number of aliphatic imine (C=N–C) groups is 3. The Labute approximate surface area is 372 Å². The summed E-state index contributed by atoms with van der Waals surface area (Å²) in [4.78, 5) is 18.9. The molecule has 0 unspecified atom stereocenters. The van der Waals surface area contributed by atoms with Gasteiger partial charge in [0.15, 0.2) is 11.7 Å². The van der Waals surface area contributed by atoms with Gasteiger partial charge in [-0.1, -0.05) is 152 Å². The Morgan fingerprint density at radius 1 is 0.484 bits per heavy atom. The lowest BCUT2D eigenvalue weighted by Crippen LogP contribution is -2.06. The Bertz CT molecular complexity index is 3490. The minimum Gasteiger partial charge on any atom is -0.309 e. The van der Waals surface area contributed by atoms with Gasteiger partial charge in [0, 0.05) is 62.0 Å². The second-order valence-corrected chi connectivity index (χ2v) is 15.5. The Kier molecular flexibility index (Phi) is 11.1. The average molecular weight is 825 g/mol. The predicted octanol–water partition coefficient (Wildman–Crippen LogP) is 14.2. The summed E-state index contributed by atoms with van der Waals surface area (Å²) in [7, 11) is 0. The van der Waals surface area contributed by atoms with Crippen molar-refractivity contribution in [2.75, 3.05) is 6.54 Å². The number of pyridine rings is 1. The highest BCUT2D eigenvalue weighted by molar-refractivity contribution is 6.14. The van der Waals surface area contributed by atoms with Crippen LogP contribution >= 0.6 is 0 Å². The molecule has 0 saturated carbocycles. The lowest BCUT2D eigenvalue weighted by molar-refractivity contribution is 1.18. The lowest BCUT2D eigenvalue weighted by atomic mass is 10.0. The van der Waals surface area contributed by atoms with Gasteiger partial charge >= 0.3 is 0 Å². The number of rotatable bonds is 10. The Hall–Kier alpha value is -8.48. The third kappa shape index (κ3) is 7.69. The number of aromatic nitrogens is 3. The van der Waals surface area contributed by atoms with Crippen molar-refractivity contribution in [2.24, 2.45) is 15.0 Å². The van der Waals surface area contributed by atoms with E-state index in [-0.39, 0.29) is 0 Å². The van der Waals surface area contributed by atoms with Gasteiger partial charge in [-0.05, 0) is 91.0 Å². The van der Waals surface area contributed by atoms with Crippen LogP contribution < -0.4 is 0 Å². The minimum absolute atomic E-state index is 0.429. The molecule has 0 saturated heterocycles. The Balaban J connectivity index is 1.06. The van der Waals surface area contributed by atoms with E-state index in [9.17, 15) is 0 Å². The molecular formula is C58H44N6. The van der Waals surface area contributed by atoms with Crippen LogP contribution in [0.15, 0.2) is 240 Å². The van der Waals surface area contributed by atoms with Crippen molar-refractivity contribution in [2.45, 2.75) is 6.92 Å². The molecule has 3 heterocycles. The summed E-state index contributed by atoms with van der Waals surface area (Å²) < 4.78 is 4.74. The predicted molar refractivity (Wildman–Crippen MR) is 271 cm³/mol. The zero-order valence-corrected chi connectivity index (χ0v) is 35.5. The summed E-state index contributed by atoms with van der Waals surface area (Å²) in [6.07, 6.45) is 15.7. The minimum atomic E-state index is 0.429. The number of allylic oxidation sites excluding steroid dienone is 5.